The molecule has 2 atom stereocenters. The summed E-state index contributed by atoms with van der Waals surface area (Å²) < 4.78 is 5.48. The van der Waals surface area contributed by atoms with Crippen LogP contribution in [0, 0.1) is 0 Å². The van der Waals surface area contributed by atoms with Crippen LogP contribution < -0.4 is 10.6 Å². The van der Waals surface area contributed by atoms with Crippen LogP contribution in [0.3, 0.4) is 0 Å². The number of ether oxygens (including phenoxy) is 1. The number of nitrogens with one attached hydrogen (secondary N) is 2. The smallest absolute Gasteiger partial charge is 0.333 e. The average Bonchev–Trinajstić information content (AvgIpc) is 2.57. The molecule has 5 nitrogen and oxygen atoms in total. The highest BCUT2D eigenvalue weighted by atomic mass is 35.5. The number of hydrogen-bond acceptors (Lipinski definition) is 4. The third-order valence-electron chi connectivity index (χ3n) is 3.70. The van der Waals surface area contributed by atoms with E-state index in [1.165, 1.54) is 0 Å². The first kappa shape index (κ1) is 22.1. The lowest BCUT2D eigenvalue weighted by Crippen LogP contribution is -2.43. The molecule has 0 fully saturated rings. The maximum atomic E-state index is 12.7. The van der Waals surface area contributed by atoms with Gasteiger partial charge in [-0.3, -0.25) is 4.79 Å². The second-order valence-corrected chi connectivity index (χ2v) is 8.28. The zero-order chi connectivity index (χ0) is 20.9. The molecule has 0 saturated heterocycles. The number of benzene rings is 2. The first-order chi connectivity index (χ1) is 13.0. The Morgan fingerprint density at radius 1 is 1.00 bits per heavy atom. The van der Waals surface area contributed by atoms with Gasteiger partial charge in [-0.25, -0.2) is 4.79 Å². The number of halogens is 2. The molecular weight excluding hydrogens is 399 g/mol. The molecule has 0 aliphatic rings. The maximum Gasteiger partial charge on any atom is 0.333 e. The molecule has 2 aromatic rings. The number of carbonyl (C=O) groups excluding carboxylic acids is 2. The molecule has 0 bridgehead atoms. The molecule has 2 rings (SSSR count). The Kier molecular flexibility index (Phi) is 7.33. The van der Waals surface area contributed by atoms with Gasteiger partial charge in [0.1, 0.15) is 11.6 Å². The quantitative estimate of drug-likeness (QED) is 0.643. The molecule has 2 aromatic carbocycles. The van der Waals surface area contributed by atoms with Crippen LogP contribution in [0.25, 0.3) is 0 Å². The molecule has 28 heavy (non-hydrogen) atoms. The van der Waals surface area contributed by atoms with E-state index in [9.17, 15) is 9.59 Å². The summed E-state index contributed by atoms with van der Waals surface area (Å²) in [5.74, 6) is -0.888. The topological polar surface area (TPSA) is 67.4 Å². The standard InChI is InChI=1S/C21H24Cl2N2O3/c1-13(24-17-11-15(22)10-16(23)12-17)19(26)25-18(14-8-6-5-7-9-14)20(27)28-21(2,3)4/h5-13,18,24H,1-4H3,(H,25,26)/t13-,18-/m0/s1. The molecule has 0 aromatic heterocycles. The third-order valence-corrected chi connectivity index (χ3v) is 4.14. The number of rotatable bonds is 6. The third kappa shape index (κ3) is 6.73. The number of amides is 1. The monoisotopic (exact) mass is 422 g/mol. The summed E-state index contributed by atoms with van der Waals surface area (Å²) in [6.45, 7) is 7.02. The van der Waals surface area contributed by atoms with Crippen molar-refractivity contribution in [3.63, 3.8) is 0 Å². The molecule has 0 heterocycles. The van der Waals surface area contributed by atoms with E-state index < -0.39 is 23.7 Å². The number of esters is 1. The van der Waals surface area contributed by atoms with Crippen molar-refractivity contribution >= 4 is 40.8 Å². The van der Waals surface area contributed by atoms with Gasteiger partial charge in [0.25, 0.3) is 0 Å². The van der Waals surface area contributed by atoms with Gasteiger partial charge in [0.05, 0.1) is 0 Å². The number of hydrogen-bond donors (Lipinski definition) is 2. The fourth-order valence-corrected chi connectivity index (χ4v) is 3.03. The van der Waals surface area contributed by atoms with Crippen LogP contribution in [-0.4, -0.2) is 23.5 Å². The SMILES string of the molecule is C[C@H](Nc1cc(Cl)cc(Cl)c1)C(=O)N[C@H](C(=O)OC(C)(C)C)c1ccccc1. The van der Waals surface area contributed by atoms with Gasteiger partial charge in [0.15, 0.2) is 6.04 Å². The molecule has 150 valence electrons. The highest BCUT2D eigenvalue weighted by Gasteiger charge is 2.29. The van der Waals surface area contributed by atoms with Gasteiger partial charge in [-0.15, -0.1) is 0 Å². The van der Waals surface area contributed by atoms with E-state index in [1.807, 2.05) is 6.07 Å². The minimum atomic E-state index is -0.917. The first-order valence-corrected chi connectivity index (χ1v) is 9.61. The van der Waals surface area contributed by atoms with E-state index in [0.717, 1.165) is 0 Å². The van der Waals surface area contributed by atoms with E-state index in [2.05, 4.69) is 10.6 Å². The molecule has 1 amide bonds. The zero-order valence-electron chi connectivity index (χ0n) is 16.3. The highest BCUT2D eigenvalue weighted by molar-refractivity contribution is 6.35. The van der Waals surface area contributed by atoms with Crippen molar-refractivity contribution in [2.24, 2.45) is 0 Å². The summed E-state index contributed by atoms with van der Waals surface area (Å²) in [6, 6.07) is 12.4. The van der Waals surface area contributed by atoms with Gasteiger partial charge in [-0.2, -0.15) is 0 Å². The van der Waals surface area contributed by atoms with Crippen LogP contribution in [0.15, 0.2) is 48.5 Å². The normalized spacial score (nSPS) is 13.4. The lowest BCUT2D eigenvalue weighted by atomic mass is 10.1. The lowest BCUT2D eigenvalue weighted by molar-refractivity contribution is -0.158. The Bertz CT molecular complexity index is 815. The van der Waals surface area contributed by atoms with Gasteiger partial charge in [0, 0.05) is 15.7 Å². The molecular formula is C21H24Cl2N2O3. The first-order valence-electron chi connectivity index (χ1n) is 8.86. The Morgan fingerprint density at radius 2 is 1.57 bits per heavy atom. The number of carbonyl (C=O) groups is 2. The van der Waals surface area contributed by atoms with Crippen LogP contribution in [0.5, 0.6) is 0 Å². The summed E-state index contributed by atoms with van der Waals surface area (Å²) in [6.07, 6.45) is 0. The Hall–Kier alpha value is -2.24. The van der Waals surface area contributed by atoms with Gasteiger partial charge < -0.3 is 15.4 Å². The fourth-order valence-electron chi connectivity index (χ4n) is 2.50. The summed E-state index contributed by atoms with van der Waals surface area (Å²) in [5.41, 5.74) is 0.577. The van der Waals surface area contributed by atoms with Gasteiger partial charge in [-0.05, 0) is 51.5 Å². The molecule has 7 heteroatoms. The minimum Gasteiger partial charge on any atom is -0.458 e. The van der Waals surface area contributed by atoms with Crippen molar-refractivity contribution in [3.8, 4) is 0 Å². The van der Waals surface area contributed by atoms with E-state index in [4.69, 9.17) is 27.9 Å². The molecule has 0 radical (unpaired) electrons. The van der Waals surface area contributed by atoms with Gasteiger partial charge in [0.2, 0.25) is 5.91 Å². The summed E-state index contributed by atoms with van der Waals surface area (Å²) in [5, 5.41) is 6.71. The van der Waals surface area contributed by atoms with Crippen molar-refractivity contribution in [2.45, 2.75) is 45.4 Å². The summed E-state index contributed by atoms with van der Waals surface area (Å²) in [4.78, 5) is 25.4. The number of anilines is 1. The Morgan fingerprint density at radius 3 is 2.11 bits per heavy atom. The molecule has 2 N–H and O–H groups in total. The molecule has 0 spiro atoms. The average molecular weight is 423 g/mol. The maximum absolute atomic E-state index is 12.7. The van der Waals surface area contributed by atoms with Crippen molar-refractivity contribution < 1.29 is 14.3 Å². The predicted molar refractivity (Wildman–Crippen MR) is 113 cm³/mol. The minimum absolute atomic E-state index is 0.365. The van der Waals surface area contributed by atoms with E-state index in [0.29, 0.717) is 21.3 Å². The molecule has 0 saturated carbocycles. The molecule has 0 unspecified atom stereocenters. The van der Waals surface area contributed by atoms with Crippen molar-refractivity contribution in [2.75, 3.05) is 5.32 Å². The van der Waals surface area contributed by atoms with Crippen molar-refractivity contribution in [1.29, 1.82) is 0 Å². The van der Waals surface area contributed by atoms with E-state index in [1.54, 1.807) is 70.2 Å². The van der Waals surface area contributed by atoms with Gasteiger partial charge >= 0.3 is 5.97 Å². The van der Waals surface area contributed by atoms with Crippen LogP contribution in [0.4, 0.5) is 5.69 Å². The lowest BCUT2D eigenvalue weighted by Gasteiger charge is -2.26. The predicted octanol–water partition coefficient (Wildman–Crippen LogP) is 4.99. The Balaban J connectivity index is 2.15. The summed E-state index contributed by atoms with van der Waals surface area (Å²) in [7, 11) is 0. The second-order valence-electron chi connectivity index (χ2n) is 7.41. The van der Waals surface area contributed by atoms with Crippen LogP contribution in [-0.2, 0) is 14.3 Å². The van der Waals surface area contributed by atoms with Crippen molar-refractivity contribution in [3.05, 3.63) is 64.1 Å². The highest BCUT2D eigenvalue weighted by Crippen LogP contribution is 2.23. The zero-order valence-corrected chi connectivity index (χ0v) is 17.8. The second kappa shape index (κ2) is 9.30. The summed E-state index contributed by atoms with van der Waals surface area (Å²) >= 11 is 12.0. The van der Waals surface area contributed by atoms with Crippen LogP contribution in [0.1, 0.15) is 39.3 Å². The van der Waals surface area contributed by atoms with E-state index in [-0.39, 0.29) is 5.91 Å². The van der Waals surface area contributed by atoms with Crippen LogP contribution in [0.2, 0.25) is 10.0 Å². The fraction of sp³-hybridized carbons (Fsp3) is 0.333. The van der Waals surface area contributed by atoms with Gasteiger partial charge in [-0.1, -0.05) is 53.5 Å². The molecule has 0 aliphatic carbocycles. The van der Waals surface area contributed by atoms with Crippen molar-refractivity contribution in [1.82, 2.24) is 5.32 Å². The molecule has 0 aliphatic heterocycles. The van der Waals surface area contributed by atoms with E-state index >= 15 is 0 Å². The largest absolute Gasteiger partial charge is 0.458 e. The Labute approximate surface area is 175 Å². The van der Waals surface area contributed by atoms with Crippen LogP contribution >= 0.6 is 23.2 Å².